The molecule has 0 unspecified atom stereocenters. The van der Waals surface area contributed by atoms with Gasteiger partial charge in [-0.25, -0.2) is 4.79 Å². The molecule has 0 bridgehead atoms. The number of alkyl halides is 2. The Kier molecular flexibility index (Phi) is 6.02. The van der Waals surface area contributed by atoms with E-state index in [1.54, 1.807) is 0 Å². The number of rotatable bonds is 7. The van der Waals surface area contributed by atoms with Gasteiger partial charge in [0.05, 0.1) is 12.2 Å². The molecule has 0 saturated heterocycles. The van der Waals surface area contributed by atoms with Crippen LogP contribution in [0.5, 0.6) is 5.75 Å². The molecule has 0 atom stereocenters. The summed E-state index contributed by atoms with van der Waals surface area (Å²) in [5.41, 5.74) is 2.06. The van der Waals surface area contributed by atoms with Crippen molar-refractivity contribution in [2.45, 2.75) is 26.4 Å². The highest BCUT2D eigenvalue weighted by Crippen LogP contribution is 2.16. The number of pyridine rings is 1. The van der Waals surface area contributed by atoms with Crippen molar-refractivity contribution < 1.29 is 23.0 Å². The Bertz CT molecular complexity index is 662. The minimum atomic E-state index is -2.93. The van der Waals surface area contributed by atoms with Crippen LogP contribution in [-0.4, -0.2) is 24.2 Å². The number of halogens is 2. The van der Waals surface area contributed by atoms with Gasteiger partial charge in [0.2, 0.25) is 0 Å². The lowest BCUT2D eigenvalue weighted by molar-refractivity contribution is -0.0499. The summed E-state index contributed by atoms with van der Waals surface area (Å²) in [6, 6.07) is 11.3. The Morgan fingerprint density at radius 3 is 2.74 bits per heavy atom. The topological polar surface area (TPSA) is 48.4 Å². The standard InChI is InChI=1S/C17H17F2NO3/c1-12-5-2-7-14(20-12)8-4-10-22-16(21)13-6-3-9-15(11-13)23-17(18)19/h2-3,5-7,9,11,17H,4,8,10H2,1H3. The minimum absolute atomic E-state index is 0.0709. The van der Waals surface area contributed by atoms with Gasteiger partial charge in [0, 0.05) is 11.4 Å². The predicted octanol–water partition coefficient (Wildman–Crippen LogP) is 3.78. The molecule has 122 valence electrons. The molecule has 0 N–H and O–H groups in total. The van der Waals surface area contributed by atoms with E-state index in [-0.39, 0.29) is 17.9 Å². The third kappa shape index (κ3) is 5.65. The Morgan fingerprint density at radius 1 is 1.22 bits per heavy atom. The molecular weight excluding hydrogens is 304 g/mol. The van der Waals surface area contributed by atoms with Crippen molar-refractivity contribution in [2.75, 3.05) is 6.61 Å². The molecule has 2 aromatic rings. The van der Waals surface area contributed by atoms with Crippen LogP contribution in [0.1, 0.15) is 28.2 Å². The first kappa shape index (κ1) is 16.9. The van der Waals surface area contributed by atoms with Crippen LogP contribution in [0.2, 0.25) is 0 Å². The maximum absolute atomic E-state index is 12.1. The molecule has 0 saturated carbocycles. The molecule has 0 amide bonds. The van der Waals surface area contributed by atoms with E-state index in [4.69, 9.17) is 4.74 Å². The fourth-order valence-corrected chi connectivity index (χ4v) is 2.04. The molecule has 0 fully saturated rings. The van der Waals surface area contributed by atoms with E-state index in [9.17, 15) is 13.6 Å². The first-order valence-corrected chi connectivity index (χ1v) is 7.19. The molecule has 0 aliphatic rings. The molecule has 1 heterocycles. The number of carbonyl (C=O) groups is 1. The number of esters is 1. The molecule has 0 spiro atoms. The zero-order valence-electron chi connectivity index (χ0n) is 12.7. The van der Waals surface area contributed by atoms with Crippen molar-refractivity contribution in [3.05, 3.63) is 59.4 Å². The Balaban J connectivity index is 1.80. The normalized spacial score (nSPS) is 10.6. The van der Waals surface area contributed by atoms with Gasteiger partial charge in [0.1, 0.15) is 5.75 Å². The van der Waals surface area contributed by atoms with Crippen molar-refractivity contribution in [2.24, 2.45) is 0 Å². The van der Waals surface area contributed by atoms with E-state index < -0.39 is 12.6 Å². The highest BCUT2D eigenvalue weighted by Gasteiger charge is 2.10. The first-order chi connectivity index (χ1) is 11.0. The van der Waals surface area contributed by atoms with Gasteiger partial charge in [-0.15, -0.1) is 0 Å². The molecule has 6 heteroatoms. The molecule has 0 radical (unpaired) electrons. The average Bonchev–Trinajstić information content (AvgIpc) is 2.51. The molecule has 1 aromatic carbocycles. The van der Waals surface area contributed by atoms with Crippen molar-refractivity contribution in [3.8, 4) is 5.75 Å². The largest absolute Gasteiger partial charge is 0.462 e. The molecule has 0 aliphatic heterocycles. The summed E-state index contributed by atoms with van der Waals surface area (Å²) in [5.74, 6) is -0.639. The second-order valence-corrected chi connectivity index (χ2v) is 4.92. The molecule has 1 aromatic heterocycles. The van der Waals surface area contributed by atoms with Gasteiger partial charge in [-0.3, -0.25) is 4.98 Å². The number of aromatic nitrogens is 1. The van der Waals surface area contributed by atoms with E-state index in [0.29, 0.717) is 12.8 Å². The maximum atomic E-state index is 12.1. The van der Waals surface area contributed by atoms with Crippen LogP contribution in [0.25, 0.3) is 0 Å². The van der Waals surface area contributed by atoms with E-state index in [0.717, 1.165) is 11.4 Å². The highest BCUT2D eigenvalue weighted by molar-refractivity contribution is 5.89. The lowest BCUT2D eigenvalue weighted by Crippen LogP contribution is -2.08. The number of aryl methyl sites for hydroxylation is 2. The van der Waals surface area contributed by atoms with Gasteiger partial charge in [-0.1, -0.05) is 12.1 Å². The molecular formula is C17H17F2NO3. The number of hydrogen-bond acceptors (Lipinski definition) is 4. The van der Waals surface area contributed by atoms with Crippen molar-refractivity contribution in [1.29, 1.82) is 0 Å². The molecule has 23 heavy (non-hydrogen) atoms. The summed E-state index contributed by atoms with van der Waals surface area (Å²) in [4.78, 5) is 16.2. The Morgan fingerprint density at radius 2 is 2.00 bits per heavy atom. The second-order valence-electron chi connectivity index (χ2n) is 4.92. The predicted molar refractivity (Wildman–Crippen MR) is 80.7 cm³/mol. The summed E-state index contributed by atoms with van der Waals surface area (Å²) < 4.78 is 33.7. The van der Waals surface area contributed by atoms with Crippen LogP contribution in [0.15, 0.2) is 42.5 Å². The zero-order chi connectivity index (χ0) is 16.7. The van der Waals surface area contributed by atoms with Crippen molar-refractivity contribution >= 4 is 5.97 Å². The summed E-state index contributed by atoms with van der Waals surface area (Å²) in [5, 5.41) is 0. The van der Waals surface area contributed by atoms with Gasteiger partial charge in [0.15, 0.2) is 0 Å². The quantitative estimate of drug-likeness (QED) is 0.575. The summed E-state index contributed by atoms with van der Waals surface area (Å²) in [6.45, 7) is -0.782. The fourth-order valence-electron chi connectivity index (χ4n) is 2.04. The van der Waals surface area contributed by atoms with Crippen molar-refractivity contribution in [1.82, 2.24) is 4.98 Å². The maximum Gasteiger partial charge on any atom is 0.387 e. The number of ether oxygens (including phenoxy) is 2. The van der Waals surface area contributed by atoms with Gasteiger partial charge < -0.3 is 9.47 Å². The monoisotopic (exact) mass is 321 g/mol. The van der Waals surface area contributed by atoms with E-state index in [2.05, 4.69) is 9.72 Å². The fraction of sp³-hybridized carbons (Fsp3) is 0.294. The van der Waals surface area contributed by atoms with Gasteiger partial charge in [0.25, 0.3) is 0 Å². The van der Waals surface area contributed by atoms with Gasteiger partial charge >= 0.3 is 12.6 Å². The summed E-state index contributed by atoms with van der Waals surface area (Å²) >= 11 is 0. The Labute approximate surface area is 133 Å². The lowest BCUT2D eigenvalue weighted by atomic mass is 10.2. The zero-order valence-corrected chi connectivity index (χ0v) is 12.7. The van der Waals surface area contributed by atoms with E-state index >= 15 is 0 Å². The first-order valence-electron chi connectivity index (χ1n) is 7.19. The van der Waals surface area contributed by atoms with E-state index in [1.807, 2.05) is 25.1 Å². The third-order valence-electron chi connectivity index (χ3n) is 3.05. The lowest BCUT2D eigenvalue weighted by Gasteiger charge is -2.07. The van der Waals surface area contributed by atoms with Crippen LogP contribution < -0.4 is 4.74 Å². The van der Waals surface area contributed by atoms with Gasteiger partial charge in [-0.2, -0.15) is 8.78 Å². The third-order valence-corrected chi connectivity index (χ3v) is 3.05. The minimum Gasteiger partial charge on any atom is -0.462 e. The molecule has 0 aliphatic carbocycles. The van der Waals surface area contributed by atoms with Gasteiger partial charge in [-0.05, 0) is 50.1 Å². The van der Waals surface area contributed by atoms with Crippen LogP contribution in [0, 0.1) is 6.92 Å². The van der Waals surface area contributed by atoms with Crippen LogP contribution in [0.3, 0.4) is 0 Å². The highest BCUT2D eigenvalue weighted by atomic mass is 19.3. The number of benzene rings is 1. The Hall–Kier alpha value is -2.50. The van der Waals surface area contributed by atoms with Crippen LogP contribution in [-0.2, 0) is 11.2 Å². The SMILES string of the molecule is Cc1cccc(CCCOC(=O)c2cccc(OC(F)F)c2)n1. The average molecular weight is 321 g/mol. The number of hydrogen-bond donors (Lipinski definition) is 0. The van der Waals surface area contributed by atoms with Crippen LogP contribution in [0.4, 0.5) is 8.78 Å². The summed E-state index contributed by atoms with van der Waals surface area (Å²) in [6.07, 6.45) is 1.33. The molecule has 2 rings (SSSR count). The van der Waals surface area contributed by atoms with E-state index in [1.165, 1.54) is 24.3 Å². The van der Waals surface area contributed by atoms with Crippen molar-refractivity contribution in [3.63, 3.8) is 0 Å². The number of carbonyl (C=O) groups excluding carboxylic acids is 1. The molecule has 4 nitrogen and oxygen atoms in total. The smallest absolute Gasteiger partial charge is 0.387 e. The van der Waals surface area contributed by atoms with Crippen LogP contribution >= 0.6 is 0 Å². The second kappa shape index (κ2) is 8.22. The summed E-state index contributed by atoms with van der Waals surface area (Å²) in [7, 11) is 0. The number of nitrogens with zero attached hydrogens (tertiary/aromatic N) is 1.